The first-order valence-electron chi connectivity index (χ1n) is 13.9. The van der Waals surface area contributed by atoms with Crippen molar-refractivity contribution in [2.45, 2.75) is 19.3 Å². The molecule has 1 aliphatic heterocycles. The number of anilines is 3. The summed E-state index contributed by atoms with van der Waals surface area (Å²) in [6.45, 7) is 4.58. The Kier molecular flexibility index (Phi) is 4.93. The second kappa shape index (κ2) is 8.61. The van der Waals surface area contributed by atoms with Crippen LogP contribution >= 0.6 is 0 Å². The first-order chi connectivity index (χ1) is 20.5. The second-order valence-electron chi connectivity index (χ2n) is 11.3. The highest BCUT2D eigenvalue weighted by Gasteiger charge is 2.36. The molecule has 1 aromatic heterocycles. The Morgan fingerprint density at radius 1 is 0.619 bits per heavy atom. The van der Waals surface area contributed by atoms with Gasteiger partial charge >= 0.3 is 0 Å². The van der Waals surface area contributed by atoms with Crippen molar-refractivity contribution in [2.75, 3.05) is 4.90 Å². The van der Waals surface area contributed by atoms with Gasteiger partial charge < -0.3 is 4.90 Å². The van der Waals surface area contributed by atoms with Crippen molar-refractivity contribution < 1.29 is 0 Å². The van der Waals surface area contributed by atoms with Gasteiger partial charge in [0.15, 0.2) is 11.4 Å². The minimum absolute atomic E-state index is 0.0488. The lowest BCUT2D eigenvalue weighted by molar-refractivity contribution is 0.632. The molecule has 0 atom stereocenters. The van der Waals surface area contributed by atoms with Crippen LogP contribution in [0.4, 0.5) is 17.1 Å². The van der Waals surface area contributed by atoms with Crippen LogP contribution in [0.25, 0.3) is 44.4 Å². The molecule has 2 aliphatic rings. The normalized spacial score (nSPS) is 13.6. The maximum atomic E-state index is 9.70. The molecule has 0 bridgehead atoms. The van der Waals surface area contributed by atoms with E-state index in [1.807, 2.05) is 18.2 Å². The predicted octanol–water partition coefficient (Wildman–Crippen LogP) is 8.80. The van der Waals surface area contributed by atoms with E-state index in [1.165, 1.54) is 22.5 Å². The first kappa shape index (κ1) is 24.1. The molecule has 6 aromatic rings. The number of nitrogens with zero attached hydrogens (tertiary/aromatic N) is 5. The zero-order valence-electron chi connectivity index (χ0n) is 23.1. The molecule has 0 N–H and O–H groups in total. The molecule has 5 heteroatoms. The van der Waals surface area contributed by atoms with Crippen molar-refractivity contribution >= 4 is 27.8 Å². The monoisotopic (exact) mass is 537 g/mol. The van der Waals surface area contributed by atoms with E-state index in [4.69, 9.17) is 0 Å². The summed E-state index contributed by atoms with van der Waals surface area (Å²) in [5.74, 6) is 0. The Balaban J connectivity index is 1.30. The summed E-state index contributed by atoms with van der Waals surface area (Å²) in [6, 6.07) is 40.4. The topological polar surface area (TPSA) is 76.6 Å². The van der Waals surface area contributed by atoms with E-state index in [0.717, 1.165) is 38.7 Å². The molecular weight excluding hydrogens is 514 g/mol. The molecule has 0 amide bonds. The third kappa shape index (κ3) is 3.17. The fraction of sp³-hybridized carbons (Fsp3) is 0.0811. The second-order valence-corrected chi connectivity index (χ2v) is 11.3. The van der Waals surface area contributed by atoms with Crippen molar-refractivity contribution in [2.24, 2.45) is 0 Å². The van der Waals surface area contributed by atoms with Gasteiger partial charge in [0, 0.05) is 27.6 Å². The van der Waals surface area contributed by atoms with Crippen molar-refractivity contribution in [1.82, 2.24) is 9.97 Å². The minimum atomic E-state index is -0.112. The lowest BCUT2D eigenvalue weighted by Gasteiger charge is -2.42. The van der Waals surface area contributed by atoms with Gasteiger partial charge in [0.25, 0.3) is 0 Å². The van der Waals surface area contributed by atoms with Crippen LogP contribution in [0.2, 0.25) is 0 Å². The number of hydrogen-bond acceptors (Lipinski definition) is 5. The van der Waals surface area contributed by atoms with Crippen molar-refractivity contribution in [3.05, 3.63) is 126 Å². The molecule has 5 aromatic carbocycles. The molecule has 196 valence electrons. The average molecular weight is 538 g/mol. The van der Waals surface area contributed by atoms with Gasteiger partial charge in [0.2, 0.25) is 0 Å². The largest absolute Gasteiger partial charge is 0.310 e. The van der Waals surface area contributed by atoms with Crippen LogP contribution in [0, 0.1) is 22.7 Å². The van der Waals surface area contributed by atoms with Crippen LogP contribution < -0.4 is 4.90 Å². The molecule has 0 saturated carbocycles. The summed E-state index contributed by atoms with van der Waals surface area (Å²) in [4.78, 5) is 11.6. The highest BCUT2D eigenvalue weighted by molar-refractivity contribution is 6.17. The fourth-order valence-electron chi connectivity index (χ4n) is 6.75. The van der Waals surface area contributed by atoms with Gasteiger partial charge in [-0.25, -0.2) is 9.97 Å². The number of para-hydroxylation sites is 2. The first-order valence-corrected chi connectivity index (χ1v) is 13.9. The maximum Gasteiger partial charge on any atom is 0.177 e. The standard InChI is InChI=1S/C37H23N5/c1-37(2)27-10-3-5-12-31(27)42(32-13-6-4-11-28(32)37)24-17-14-22(15-18-24)25-19-16-23-8-7-9-26-33(23)34(25)36-35(26)40-29(20-38)30(21-39)41-36/h3-19H,1-2H3. The zero-order chi connectivity index (χ0) is 28.6. The van der Waals surface area contributed by atoms with Gasteiger partial charge in [-0.2, -0.15) is 10.5 Å². The Hall–Kier alpha value is -5.78. The number of aromatic nitrogens is 2. The Morgan fingerprint density at radius 2 is 1.24 bits per heavy atom. The molecule has 0 radical (unpaired) electrons. The van der Waals surface area contributed by atoms with E-state index in [2.05, 4.69) is 126 Å². The molecule has 0 spiro atoms. The van der Waals surface area contributed by atoms with Crippen molar-refractivity contribution in [3.63, 3.8) is 0 Å². The number of benzene rings is 5. The van der Waals surface area contributed by atoms with Crippen LogP contribution in [0.15, 0.2) is 103 Å². The van der Waals surface area contributed by atoms with E-state index >= 15 is 0 Å². The van der Waals surface area contributed by atoms with Gasteiger partial charge in [-0.05, 0) is 51.9 Å². The highest BCUT2D eigenvalue weighted by atomic mass is 15.2. The fourth-order valence-corrected chi connectivity index (χ4v) is 6.75. The highest BCUT2D eigenvalue weighted by Crippen LogP contribution is 2.53. The van der Waals surface area contributed by atoms with E-state index in [1.54, 1.807) is 0 Å². The summed E-state index contributed by atoms with van der Waals surface area (Å²) >= 11 is 0. The smallest absolute Gasteiger partial charge is 0.177 e. The molecular formula is C37H23N5. The zero-order valence-corrected chi connectivity index (χ0v) is 23.1. The van der Waals surface area contributed by atoms with Crippen LogP contribution in [-0.4, -0.2) is 9.97 Å². The number of fused-ring (bicyclic) bond motifs is 5. The summed E-state index contributed by atoms with van der Waals surface area (Å²) in [5.41, 5.74) is 11.3. The summed E-state index contributed by atoms with van der Waals surface area (Å²) in [7, 11) is 0. The summed E-state index contributed by atoms with van der Waals surface area (Å²) < 4.78 is 0. The molecule has 42 heavy (non-hydrogen) atoms. The van der Waals surface area contributed by atoms with Crippen molar-refractivity contribution in [3.8, 4) is 45.8 Å². The molecule has 0 unspecified atom stereocenters. The van der Waals surface area contributed by atoms with Gasteiger partial charge in [0.05, 0.1) is 22.8 Å². The van der Waals surface area contributed by atoms with Gasteiger partial charge in [-0.1, -0.05) is 92.7 Å². The SMILES string of the molecule is CC1(C)c2ccccc2N(c2ccc(-c3ccc4cccc5c4c3-c3nc(C#N)c(C#N)nc3-5)cc2)c2ccccc21. The quantitative estimate of drug-likeness (QED) is 0.220. The molecule has 5 nitrogen and oxygen atoms in total. The number of nitriles is 2. The Morgan fingerprint density at radius 3 is 1.88 bits per heavy atom. The van der Waals surface area contributed by atoms with Gasteiger partial charge in [0.1, 0.15) is 12.1 Å². The van der Waals surface area contributed by atoms with Gasteiger partial charge in [-0.3, -0.25) is 0 Å². The van der Waals surface area contributed by atoms with Crippen molar-refractivity contribution in [1.29, 1.82) is 10.5 Å². The molecule has 0 saturated heterocycles. The lowest BCUT2D eigenvalue weighted by Crippen LogP contribution is -2.30. The third-order valence-corrected chi connectivity index (χ3v) is 8.72. The van der Waals surface area contributed by atoms with Crippen LogP contribution in [0.5, 0.6) is 0 Å². The minimum Gasteiger partial charge on any atom is -0.310 e. The van der Waals surface area contributed by atoms with Crippen LogP contribution in [0.1, 0.15) is 36.4 Å². The van der Waals surface area contributed by atoms with Crippen LogP contribution in [-0.2, 0) is 5.41 Å². The molecule has 1 aliphatic carbocycles. The summed E-state index contributed by atoms with van der Waals surface area (Å²) in [6.07, 6.45) is 0. The maximum absolute atomic E-state index is 9.70. The number of rotatable bonds is 2. The predicted molar refractivity (Wildman–Crippen MR) is 166 cm³/mol. The van der Waals surface area contributed by atoms with Gasteiger partial charge in [-0.15, -0.1) is 0 Å². The molecule has 8 rings (SSSR count). The molecule has 2 heterocycles. The lowest BCUT2D eigenvalue weighted by atomic mass is 9.73. The van der Waals surface area contributed by atoms with E-state index in [0.29, 0.717) is 11.4 Å². The van der Waals surface area contributed by atoms with Crippen LogP contribution in [0.3, 0.4) is 0 Å². The van der Waals surface area contributed by atoms with E-state index < -0.39 is 0 Å². The molecule has 0 fully saturated rings. The third-order valence-electron chi connectivity index (χ3n) is 8.72. The average Bonchev–Trinajstić information content (AvgIpc) is 3.36. The summed E-state index contributed by atoms with van der Waals surface area (Å²) in [5, 5.41) is 21.4. The Bertz CT molecular complexity index is 2150. The number of hydrogen-bond donors (Lipinski definition) is 0. The Labute approximate surface area is 243 Å². The van der Waals surface area contributed by atoms with E-state index in [9.17, 15) is 10.5 Å². The van der Waals surface area contributed by atoms with E-state index in [-0.39, 0.29) is 16.8 Å².